The lowest BCUT2D eigenvalue weighted by molar-refractivity contribution is 0.101. The van der Waals surface area contributed by atoms with Crippen LogP contribution in [0.5, 0.6) is 5.75 Å². The van der Waals surface area contributed by atoms with Gasteiger partial charge in [0.2, 0.25) is 0 Å². The van der Waals surface area contributed by atoms with Gasteiger partial charge >= 0.3 is 0 Å². The summed E-state index contributed by atoms with van der Waals surface area (Å²) in [5, 5.41) is 9.22. The van der Waals surface area contributed by atoms with Crippen LogP contribution in [0.3, 0.4) is 0 Å². The van der Waals surface area contributed by atoms with E-state index in [1.165, 1.54) is 13.0 Å². The molecule has 0 N–H and O–H groups in total. The summed E-state index contributed by atoms with van der Waals surface area (Å²) in [6.45, 7) is 3.69. The average Bonchev–Trinajstić information content (AvgIpc) is 2.22. The van der Waals surface area contributed by atoms with Gasteiger partial charge in [-0.1, -0.05) is 11.6 Å². The third-order valence-corrected chi connectivity index (χ3v) is 3.28. The Morgan fingerprint density at radius 3 is 2.75 bits per heavy atom. The van der Waals surface area contributed by atoms with Gasteiger partial charge in [-0.3, -0.25) is 4.79 Å². The molecule has 5 heteroatoms. The molecule has 3 nitrogen and oxygen atoms in total. The molecule has 1 aromatic carbocycles. The van der Waals surface area contributed by atoms with Crippen molar-refractivity contribution in [1.82, 2.24) is 0 Å². The van der Waals surface area contributed by atoms with Crippen LogP contribution in [-0.4, -0.2) is 12.4 Å². The third kappa shape index (κ3) is 2.47. The van der Waals surface area contributed by atoms with Crippen LogP contribution in [0.25, 0.3) is 0 Å². The monoisotopic (exact) mass is 349 g/mol. The van der Waals surface area contributed by atoms with Crippen molar-refractivity contribution in [3.63, 3.8) is 0 Å². The number of carbonyl (C=O) groups is 1. The topological polar surface area (TPSA) is 50.1 Å². The Hall–Kier alpha value is -0.800. The van der Waals surface area contributed by atoms with Crippen molar-refractivity contribution in [1.29, 1.82) is 5.26 Å². The van der Waals surface area contributed by atoms with E-state index in [4.69, 9.17) is 21.6 Å². The molecule has 0 atom stereocenters. The fraction of sp³-hybridized carbons (Fsp3) is 0.273. The number of hydrogen-bond acceptors (Lipinski definition) is 3. The molecule has 16 heavy (non-hydrogen) atoms. The number of Topliss-reactive ketones (excluding diaryl/α,β-unsaturated/α-hetero) is 1. The molecule has 1 aromatic rings. The van der Waals surface area contributed by atoms with Gasteiger partial charge in [-0.25, -0.2) is 0 Å². The maximum absolute atomic E-state index is 11.4. The van der Waals surface area contributed by atoms with E-state index in [1.54, 1.807) is 0 Å². The molecule has 0 aliphatic rings. The molecule has 0 aliphatic carbocycles. The Labute approximate surface area is 112 Å². The maximum atomic E-state index is 11.4. The van der Waals surface area contributed by atoms with Crippen LogP contribution in [-0.2, 0) is 0 Å². The van der Waals surface area contributed by atoms with Crippen LogP contribution in [0.2, 0.25) is 5.02 Å². The molecule has 0 heterocycles. The van der Waals surface area contributed by atoms with E-state index in [1.807, 2.05) is 35.6 Å². The Kier molecular flexibility index (Phi) is 4.56. The van der Waals surface area contributed by atoms with Gasteiger partial charge in [0.15, 0.2) is 5.78 Å². The van der Waals surface area contributed by atoms with E-state index in [-0.39, 0.29) is 10.8 Å². The second-order valence-corrected chi connectivity index (χ2v) is 4.51. The van der Waals surface area contributed by atoms with Crippen molar-refractivity contribution in [3.05, 3.63) is 25.8 Å². The molecule has 1 rings (SSSR count). The lowest BCUT2D eigenvalue weighted by Crippen LogP contribution is -2.04. The highest BCUT2D eigenvalue weighted by Crippen LogP contribution is 2.34. The number of rotatable bonds is 3. The quantitative estimate of drug-likeness (QED) is 0.620. The van der Waals surface area contributed by atoms with Crippen molar-refractivity contribution >= 4 is 40.0 Å². The largest absolute Gasteiger partial charge is 0.492 e. The highest BCUT2D eigenvalue weighted by Gasteiger charge is 2.18. The zero-order chi connectivity index (χ0) is 12.3. The molecule has 0 amide bonds. The zero-order valence-corrected chi connectivity index (χ0v) is 11.7. The molecule has 0 spiro atoms. The molecule has 0 unspecified atom stereocenters. The number of ether oxygens (including phenoxy) is 1. The minimum Gasteiger partial charge on any atom is -0.492 e. The van der Waals surface area contributed by atoms with E-state index in [9.17, 15) is 4.79 Å². The van der Waals surface area contributed by atoms with Gasteiger partial charge < -0.3 is 4.74 Å². The van der Waals surface area contributed by atoms with E-state index in [0.717, 1.165) is 0 Å². The number of nitrogens with zero attached hydrogens (tertiary/aromatic N) is 1. The maximum Gasteiger partial charge on any atom is 0.163 e. The van der Waals surface area contributed by atoms with E-state index >= 15 is 0 Å². The van der Waals surface area contributed by atoms with Crippen molar-refractivity contribution in [2.75, 3.05) is 6.61 Å². The van der Waals surface area contributed by atoms with E-state index in [0.29, 0.717) is 27.1 Å². The van der Waals surface area contributed by atoms with Crippen LogP contribution >= 0.6 is 34.2 Å². The average molecular weight is 350 g/mol. The molecule has 0 saturated heterocycles. The molecular weight excluding hydrogens is 340 g/mol. The standard InChI is InChI=1S/C11H9ClINO2/c1-3-16-11-7(6(2)15)4-9(12)8(5-14)10(11)13/h4H,3H2,1-2H3. The summed E-state index contributed by atoms with van der Waals surface area (Å²) >= 11 is 7.88. The van der Waals surface area contributed by atoms with Crippen LogP contribution in [0.4, 0.5) is 0 Å². The van der Waals surface area contributed by atoms with Gasteiger partial charge in [-0.2, -0.15) is 5.26 Å². The number of benzene rings is 1. The molecule has 84 valence electrons. The van der Waals surface area contributed by atoms with Gasteiger partial charge in [0.25, 0.3) is 0 Å². The van der Waals surface area contributed by atoms with Crippen molar-refractivity contribution < 1.29 is 9.53 Å². The first kappa shape index (κ1) is 13.3. The minimum atomic E-state index is -0.132. The smallest absolute Gasteiger partial charge is 0.163 e. The molecule has 0 radical (unpaired) electrons. The molecule has 0 saturated carbocycles. The van der Waals surface area contributed by atoms with E-state index < -0.39 is 0 Å². The molecule has 0 bridgehead atoms. The molecule has 0 aliphatic heterocycles. The van der Waals surface area contributed by atoms with Gasteiger partial charge in [-0.15, -0.1) is 0 Å². The fourth-order valence-electron chi connectivity index (χ4n) is 1.25. The van der Waals surface area contributed by atoms with E-state index in [2.05, 4.69) is 0 Å². The predicted molar refractivity (Wildman–Crippen MR) is 70.1 cm³/mol. The summed E-state index contributed by atoms with van der Waals surface area (Å²) in [6.07, 6.45) is 0. The van der Waals surface area contributed by atoms with Crippen molar-refractivity contribution in [2.24, 2.45) is 0 Å². The summed E-state index contributed by atoms with van der Waals surface area (Å²) in [7, 11) is 0. The first-order valence-corrected chi connectivity index (χ1v) is 6.04. The summed E-state index contributed by atoms with van der Waals surface area (Å²) in [5.74, 6) is 0.310. The van der Waals surface area contributed by atoms with Gasteiger partial charge in [0.1, 0.15) is 11.8 Å². The summed E-state index contributed by atoms with van der Waals surface area (Å²) < 4.78 is 5.97. The van der Waals surface area contributed by atoms with Gasteiger partial charge in [0, 0.05) is 0 Å². The fourth-order valence-corrected chi connectivity index (χ4v) is 2.51. The first-order valence-electron chi connectivity index (χ1n) is 4.58. The number of ketones is 1. The third-order valence-electron chi connectivity index (χ3n) is 1.95. The Bertz CT molecular complexity index is 480. The highest BCUT2D eigenvalue weighted by atomic mass is 127. The molecular formula is C11H9ClINO2. The predicted octanol–water partition coefficient (Wildman–Crippen LogP) is 3.42. The van der Waals surface area contributed by atoms with Crippen molar-refractivity contribution in [3.8, 4) is 11.8 Å². The van der Waals surface area contributed by atoms with Crippen LogP contribution < -0.4 is 4.74 Å². The lowest BCUT2D eigenvalue weighted by Gasteiger charge is -2.12. The van der Waals surface area contributed by atoms with Gasteiger partial charge in [-0.05, 0) is 42.5 Å². The minimum absolute atomic E-state index is 0.132. The summed E-state index contributed by atoms with van der Waals surface area (Å²) in [5.41, 5.74) is 0.756. The second-order valence-electron chi connectivity index (χ2n) is 3.03. The van der Waals surface area contributed by atoms with Crippen LogP contribution in [0.1, 0.15) is 29.8 Å². The number of hydrogen-bond donors (Lipinski definition) is 0. The summed E-state index contributed by atoms with van der Waals surface area (Å²) in [4.78, 5) is 11.4. The molecule has 0 fully saturated rings. The number of carbonyl (C=O) groups excluding carboxylic acids is 1. The summed E-state index contributed by atoms with van der Waals surface area (Å²) in [6, 6.07) is 3.48. The second kappa shape index (κ2) is 5.51. The van der Waals surface area contributed by atoms with Crippen LogP contribution in [0.15, 0.2) is 6.07 Å². The number of nitriles is 1. The zero-order valence-electron chi connectivity index (χ0n) is 8.80. The first-order chi connectivity index (χ1) is 7.52. The highest BCUT2D eigenvalue weighted by molar-refractivity contribution is 14.1. The van der Waals surface area contributed by atoms with Gasteiger partial charge in [0.05, 0.1) is 26.3 Å². The molecule has 0 aromatic heterocycles. The van der Waals surface area contributed by atoms with Crippen LogP contribution in [0, 0.1) is 14.9 Å². The SMILES string of the molecule is CCOc1c(C(C)=O)cc(Cl)c(C#N)c1I. The normalized spacial score (nSPS) is 9.69. The Morgan fingerprint density at radius 1 is 1.69 bits per heavy atom. The number of halogens is 2. The Morgan fingerprint density at radius 2 is 2.31 bits per heavy atom. The Balaban J connectivity index is 3.53. The van der Waals surface area contributed by atoms with Crippen molar-refractivity contribution in [2.45, 2.75) is 13.8 Å². The lowest BCUT2D eigenvalue weighted by atomic mass is 10.1.